The lowest BCUT2D eigenvalue weighted by Crippen LogP contribution is -2.40. The minimum Gasteiger partial charge on any atom is -0.493 e. The molecule has 39 heavy (non-hydrogen) atoms. The van der Waals surface area contributed by atoms with Crippen LogP contribution in [0.4, 0.5) is 17.8 Å². The fourth-order valence-corrected chi connectivity index (χ4v) is 4.54. The summed E-state index contributed by atoms with van der Waals surface area (Å²) in [6.07, 6.45) is 1.61. The Balaban J connectivity index is 1.30. The van der Waals surface area contributed by atoms with Crippen LogP contribution in [0.1, 0.15) is 15.9 Å². The molecule has 204 valence electrons. The standard InChI is InChI=1S/C26H28IN7O5/c1-36-22-15-18(5-6-21(22)39-23(35)19-3-2-4-20(27)16-19)17-28-32-24-29-25(33-7-11-37-12-8-33)31-26(30-24)34-9-13-38-14-10-34/h2-6,15-17H,7-14H2,1H3,(H,29,30,31,32)/b28-17+. The number of hydrogen-bond acceptors (Lipinski definition) is 12. The number of nitrogens with zero attached hydrogens (tertiary/aromatic N) is 6. The van der Waals surface area contributed by atoms with Crippen LogP contribution < -0.4 is 24.7 Å². The van der Waals surface area contributed by atoms with Crippen molar-refractivity contribution in [3.8, 4) is 11.5 Å². The first-order chi connectivity index (χ1) is 19.1. The molecule has 12 nitrogen and oxygen atoms in total. The Kier molecular flexibility index (Phi) is 9.00. The number of aromatic nitrogens is 3. The minimum atomic E-state index is -0.461. The zero-order chi connectivity index (χ0) is 27.0. The lowest BCUT2D eigenvalue weighted by Gasteiger charge is -2.30. The van der Waals surface area contributed by atoms with Crippen molar-refractivity contribution in [3.63, 3.8) is 0 Å². The molecule has 0 saturated carbocycles. The van der Waals surface area contributed by atoms with Crippen LogP contribution >= 0.6 is 22.6 Å². The first-order valence-corrected chi connectivity index (χ1v) is 13.5. The van der Waals surface area contributed by atoms with E-state index in [0.717, 1.165) is 9.13 Å². The summed E-state index contributed by atoms with van der Waals surface area (Å²) in [5, 5.41) is 4.33. The zero-order valence-electron chi connectivity index (χ0n) is 21.4. The van der Waals surface area contributed by atoms with Crippen LogP contribution in [0.2, 0.25) is 0 Å². The maximum atomic E-state index is 12.6. The molecule has 0 bridgehead atoms. The molecule has 0 atom stereocenters. The van der Waals surface area contributed by atoms with Gasteiger partial charge in [0, 0.05) is 29.7 Å². The van der Waals surface area contributed by atoms with Crippen LogP contribution in [0.15, 0.2) is 47.6 Å². The first-order valence-electron chi connectivity index (χ1n) is 12.5. The topological polar surface area (TPSA) is 124 Å². The SMILES string of the molecule is COc1cc(/C=N/Nc2nc(N3CCOCC3)nc(N3CCOCC3)n2)ccc1OC(=O)c1cccc(I)c1. The molecule has 0 aliphatic carbocycles. The Bertz CT molecular complexity index is 1290. The van der Waals surface area contributed by atoms with Gasteiger partial charge in [0.15, 0.2) is 11.5 Å². The van der Waals surface area contributed by atoms with Crippen LogP contribution in [-0.4, -0.2) is 86.9 Å². The predicted octanol–water partition coefficient (Wildman–Crippen LogP) is 2.82. The third kappa shape index (κ3) is 7.10. The Morgan fingerprint density at radius 3 is 2.23 bits per heavy atom. The highest BCUT2D eigenvalue weighted by Gasteiger charge is 2.20. The van der Waals surface area contributed by atoms with Gasteiger partial charge in [0.05, 0.1) is 45.3 Å². The van der Waals surface area contributed by atoms with Crippen LogP contribution in [-0.2, 0) is 9.47 Å². The molecule has 0 radical (unpaired) electrons. The predicted molar refractivity (Wildman–Crippen MR) is 154 cm³/mol. The average molecular weight is 645 g/mol. The van der Waals surface area contributed by atoms with Gasteiger partial charge in [-0.2, -0.15) is 20.1 Å². The number of methoxy groups -OCH3 is 1. The van der Waals surface area contributed by atoms with E-state index >= 15 is 0 Å². The van der Waals surface area contributed by atoms with Gasteiger partial charge in [-0.3, -0.25) is 0 Å². The Morgan fingerprint density at radius 1 is 0.949 bits per heavy atom. The maximum absolute atomic E-state index is 12.6. The van der Waals surface area contributed by atoms with E-state index in [-0.39, 0.29) is 0 Å². The van der Waals surface area contributed by atoms with Crippen molar-refractivity contribution in [1.29, 1.82) is 0 Å². The number of benzene rings is 2. The van der Waals surface area contributed by atoms with Crippen LogP contribution in [0.5, 0.6) is 11.5 Å². The van der Waals surface area contributed by atoms with Gasteiger partial charge in [0.1, 0.15) is 0 Å². The molecule has 3 heterocycles. The van der Waals surface area contributed by atoms with Gasteiger partial charge in [-0.15, -0.1) is 0 Å². The molecule has 2 fully saturated rings. The van der Waals surface area contributed by atoms with Gasteiger partial charge in [-0.1, -0.05) is 6.07 Å². The summed E-state index contributed by atoms with van der Waals surface area (Å²) >= 11 is 2.15. The van der Waals surface area contributed by atoms with E-state index in [0.29, 0.717) is 87.5 Å². The fourth-order valence-electron chi connectivity index (χ4n) is 4.00. The Labute approximate surface area is 239 Å². The van der Waals surface area contributed by atoms with Crippen molar-refractivity contribution < 1.29 is 23.7 Å². The zero-order valence-corrected chi connectivity index (χ0v) is 23.5. The molecule has 2 aliphatic heterocycles. The number of nitrogens with one attached hydrogen (secondary N) is 1. The largest absolute Gasteiger partial charge is 0.493 e. The lowest BCUT2D eigenvalue weighted by molar-refractivity contribution is 0.0729. The van der Waals surface area contributed by atoms with Crippen molar-refractivity contribution >= 4 is 52.6 Å². The molecule has 3 aromatic rings. The molecular formula is C26H28IN7O5. The summed E-state index contributed by atoms with van der Waals surface area (Å²) in [5.41, 5.74) is 4.12. The molecule has 0 spiro atoms. The van der Waals surface area contributed by atoms with E-state index < -0.39 is 5.97 Å². The number of rotatable bonds is 8. The molecule has 1 N–H and O–H groups in total. The van der Waals surface area contributed by atoms with E-state index in [4.69, 9.17) is 23.9 Å². The lowest BCUT2D eigenvalue weighted by atomic mass is 10.2. The highest BCUT2D eigenvalue weighted by Crippen LogP contribution is 2.28. The van der Waals surface area contributed by atoms with Crippen molar-refractivity contribution in [2.24, 2.45) is 5.10 Å². The van der Waals surface area contributed by atoms with E-state index in [9.17, 15) is 4.79 Å². The summed E-state index contributed by atoms with van der Waals surface area (Å²) in [5.74, 6) is 1.74. The quantitative estimate of drug-likeness (QED) is 0.128. The third-order valence-electron chi connectivity index (χ3n) is 6.03. The summed E-state index contributed by atoms with van der Waals surface area (Å²) in [7, 11) is 1.52. The summed E-state index contributed by atoms with van der Waals surface area (Å²) in [6.45, 7) is 5.30. The second-order valence-electron chi connectivity index (χ2n) is 8.64. The smallest absolute Gasteiger partial charge is 0.343 e. The van der Waals surface area contributed by atoms with Gasteiger partial charge < -0.3 is 28.7 Å². The number of esters is 1. The monoisotopic (exact) mass is 645 g/mol. The maximum Gasteiger partial charge on any atom is 0.343 e. The number of ether oxygens (including phenoxy) is 4. The third-order valence-corrected chi connectivity index (χ3v) is 6.70. The minimum absolute atomic E-state index is 0.314. The molecule has 5 rings (SSSR count). The molecule has 1 aromatic heterocycles. The highest BCUT2D eigenvalue weighted by atomic mass is 127. The second-order valence-corrected chi connectivity index (χ2v) is 9.88. The van der Waals surface area contributed by atoms with Gasteiger partial charge >= 0.3 is 5.97 Å². The number of morpholine rings is 2. The van der Waals surface area contributed by atoms with Crippen molar-refractivity contribution in [1.82, 2.24) is 15.0 Å². The summed E-state index contributed by atoms with van der Waals surface area (Å²) in [4.78, 5) is 30.6. The average Bonchev–Trinajstić information content (AvgIpc) is 2.98. The van der Waals surface area contributed by atoms with Crippen molar-refractivity contribution in [3.05, 3.63) is 57.2 Å². The summed E-state index contributed by atoms with van der Waals surface area (Å²) in [6, 6.07) is 12.4. The van der Waals surface area contributed by atoms with Crippen molar-refractivity contribution in [2.75, 3.05) is 74.9 Å². The number of anilines is 3. The fraction of sp³-hybridized carbons (Fsp3) is 0.346. The normalized spacial score (nSPS) is 15.8. The molecule has 13 heteroatoms. The molecule has 0 amide bonds. The molecule has 0 unspecified atom stereocenters. The number of carbonyl (C=O) groups is 1. The van der Waals surface area contributed by atoms with Gasteiger partial charge in [0.2, 0.25) is 17.8 Å². The van der Waals surface area contributed by atoms with Gasteiger partial charge in [-0.05, 0) is 64.6 Å². The number of carbonyl (C=O) groups excluding carboxylic acids is 1. The van der Waals surface area contributed by atoms with E-state index in [1.165, 1.54) is 7.11 Å². The van der Waals surface area contributed by atoms with E-state index in [2.05, 4.69) is 52.9 Å². The molecule has 2 aromatic carbocycles. The van der Waals surface area contributed by atoms with Gasteiger partial charge in [0.25, 0.3) is 0 Å². The molecule has 2 saturated heterocycles. The van der Waals surface area contributed by atoms with Crippen LogP contribution in [0, 0.1) is 3.57 Å². The Hall–Kier alpha value is -3.56. The molecular weight excluding hydrogens is 617 g/mol. The van der Waals surface area contributed by atoms with E-state index in [1.54, 1.807) is 36.5 Å². The number of halogens is 1. The van der Waals surface area contributed by atoms with Crippen LogP contribution in [0.3, 0.4) is 0 Å². The Morgan fingerprint density at radius 2 is 1.62 bits per heavy atom. The van der Waals surface area contributed by atoms with Crippen LogP contribution in [0.25, 0.3) is 0 Å². The van der Waals surface area contributed by atoms with Crippen molar-refractivity contribution in [2.45, 2.75) is 0 Å². The number of hydrazone groups is 1. The summed E-state index contributed by atoms with van der Waals surface area (Å²) < 4.78 is 22.9. The van der Waals surface area contributed by atoms with E-state index in [1.807, 2.05) is 12.1 Å². The van der Waals surface area contributed by atoms with Gasteiger partial charge in [-0.25, -0.2) is 10.2 Å². The molecule has 2 aliphatic rings. The number of hydrogen-bond donors (Lipinski definition) is 1. The second kappa shape index (κ2) is 13.0. The highest BCUT2D eigenvalue weighted by molar-refractivity contribution is 14.1. The first kappa shape index (κ1) is 27.0.